The average molecular weight is 476 g/mol. The van der Waals surface area contributed by atoms with Crippen LogP contribution in [0, 0.1) is 6.92 Å². The van der Waals surface area contributed by atoms with E-state index in [4.69, 9.17) is 11.6 Å². The molecule has 0 spiro atoms. The monoisotopic (exact) mass is 475 g/mol. The van der Waals surface area contributed by atoms with Gasteiger partial charge in [0.25, 0.3) is 5.56 Å². The summed E-state index contributed by atoms with van der Waals surface area (Å²) < 4.78 is 43.5. The number of aromatic nitrogens is 4. The van der Waals surface area contributed by atoms with Crippen LogP contribution in [0.5, 0.6) is 0 Å². The van der Waals surface area contributed by atoms with Gasteiger partial charge in [0, 0.05) is 10.7 Å². The Balaban J connectivity index is 1.89. The molecule has 2 heterocycles. The highest BCUT2D eigenvalue weighted by atomic mass is 35.5. The largest absolute Gasteiger partial charge is 0.449 e. The number of carbonyl (C=O) groups excluding carboxylic acids is 1. The second-order valence-corrected chi connectivity index (χ2v) is 7.75. The molecule has 0 radical (unpaired) electrons. The molecule has 170 valence electrons. The third-order valence-corrected chi connectivity index (χ3v) is 5.26. The van der Waals surface area contributed by atoms with Crippen molar-refractivity contribution in [3.05, 3.63) is 81.5 Å². The molecule has 2 aromatic carbocycles. The van der Waals surface area contributed by atoms with Gasteiger partial charge in [0.2, 0.25) is 11.7 Å². The summed E-state index contributed by atoms with van der Waals surface area (Å²) in [6, 6.07) is 13.0. The van der Waals surface area contributed by atoms with Crippen molar-refractivity contribution in [2.75, 3.05) is 5.32 Å². The number of hydrogen-bond acceptors (Lipinski definition) is 4. The van der Waals surface area contributed by atoms with Crippen LogP contribution in [0.2, 0.25) is 5.02 Å². The Bertz CT molecular complexity index is 1410. The summed E-state index contributed by atoms with van der Waals surface area (Å²) in [5.41, 5.74) is -0.338. The Hall–Kier alpha value is -3.66. The zero-order valence-corrected chi connectivity index (χ0v) is 18.1. The Kier molecular flexibility index (Phi) is 5.71. The maximum Gasteiger partial charge on any atom is 0.449 e. The minimum absolute atomic E-state index is 0.103. The molecule has 2 aromatic heterocycles. The number of benzene rings is 2. The summed E-state index contributed by atoms with van der Waals surface area (Å²) in [5, 5.41) is 6.94. The first kappa shape index (κ1) is 22.5. The second-order valence-electron chi connectivity index (χ2n) is 7.32. The number of nitrogens with one attached hydrogen (secondary N) is 1. The fourth-order valence-electron chi connectivity index (χ4n) is 3.48. The van der Waals surface area contributed by atoms with Crippen molar-refractivity contribution in [3.63, 3.8) is 0 Å². The molecule has 1 N–H and O–H groups in total. The quantitative estimate of drug-likeness (QED) is 0.461. The van der Waals surface area contributed by atoms with E-state index in [1.807, 2.05) is 0 Å². The van der Waals surface area contributed by atoms with Gasteiger partial charge in [-0.3, -0.25) is 14.2 Å². The number of nitrogens with zero attached hydrogens (tertiary/aromatic N) is 4. The number of halogens is 4. The minimum atomic E-state index is -5.00. The van der Waals surface area contributed by atoms with Crippen LogP contribution in [0.1, 0.15) is 24.5 Å². The van der Waals surface area contributed by atoms with Crippen molar-refractivity contribution in [1.82, 2.24) is 19.3 Å². The number of alkyl halides is 3. The minimum Gasteiger partial charge on any atom is -0.324 e. The van der Waals surface area contributed by atoms with E-state index in [1.54, 1.807) is 42.5 Å². The van der Waals surface area contributed by atoms with E-state index < -0.39 is 29.5 Å². The molecule has 33 heavy (non-hydrogen) atoms. The molecular weight excluding hydrogens is 459 g/mol. The first-order chi connectivity index (χ1) is 15.6. The van der Waals surface area contributed by atoms with Crippen LogP contribution in [0.3, 0.4) is 0 Å². The van der Waals surface area contributed by atoms with Gasteiger partial charge in [-0.1, -0.05) is 35.9 Å². The van der Waals surface area contributed by atoms with Gasteiger partial charge in [0.1, 0.15) is 11.4 Å². The molecule has 4 rings (SSSR count). The lowest BCUT2D eigenvalue weighted by molar-refractivity contribution is -0.149. The van der Waals surface area contributed by atoms with Crippen LogP contribution in [0.4, 0.5) is 18.9 Å². The average Bonchev–Trinajstić information content (AvgIpc) is 3.10. The zero-order chi connectivity index (χ0) is 23.9. The molecule has 0 aliphatic heterocycles. The van der Waals surface area contributed by atoms with Crippen LogP contribution in [0.15, 0.2) is 59.4 Å². The highest BCUT2D eigenvalue weighted by molar-refractivity contribution is 6.30. The Morgan fingerprint density at radius 3 is 2.45 bits per heavy atom. The molecule has 4 aromatic rings. The first-order valence-electron chi connectivity index (χ1n) is 9.79. The van der Waals surface area contributed by atoms with Gasteiger partial charge < -0.3 is 5.32 Å². The summed E-state index contributed by atoms with van der Waals surface area (Å²) in [7, 11) is 0. The van der Waals surface area contributed by atoms with E-state index >= 15 is 0 Å². The fraction of sp³-hybridized carbons (Fsp3) is 0.182. The van der Waals surface area contributed by atoms with Gasteiger partial charge in [0.05, 0.1) is 11.4 Å². The highest BCUT2D eigenvalue weighted by Gasteiger charge is 2.40. The summed E-state index contributed by atoms with van der Waals surface area (Å²) in [6.07, 6.45) is -5.00. The first-order valence-corrected chi connectivity index (χ1v) is 10.2. The molecule has 0 unspecified atom stereocenters. The van der Waals surface area contributed by atoms with E-state index in [0.717, 1.165) is 0 Å². The molecule has 11 heteroatoms. The third-order valence-electron chi connectivity index (χ3n) is 5.02. The molecule has 7 nitrogen and oxygen atoms in total. The van der Waals surface area contributed by atoms with E-state index in [0.29, 0.717) is 15.3 Å². The van der Waals surface area contributed by atoms with Gasteiger partial charge in [0.15, 0.2) is 5.65 Å². The molecule has 0 bridgehead atoms. The predicted molar refractivity (Wildman–Crippen MR) is 118 cm³/mol. The highest BCUT2D eigenvalue weighted by Crippen LogP contribution is 2.31. The summed E-state index contributed by atoms with van der Waals surface area (Å²) >= 11 is 5.90. The molecule has 1 amide bonds. The van der Waals surface area contributed by atoms with E-state index in [9.17, 15) is 22.8 Å². The van der Waals surface area contributed by atoms with Gasteiger partial charge >= 0.3 is 6.18 Å². The van der Waals surface area contributed by atoms with Gasteiger partial charge in [-0.2, -0.15) is 18.3 Å². The van der Waals surface area contributed by atoms with Crippen molar-refractivity contribution in [2.45, 2.75) is 26.1 Å². The summed E-state index contributed by atoms with van der Waals surface area (Å²) in [6.45, 7) is 2.69. The standard InChI is InChI=1S/C22H17ClF3N5O2/c1-12-17-18(31(29-12)16-9-4-3-5-10-16)28-21(22(24,25)26)30(20(17)33)13(2)19(32)27-15-8-6-7-14(23)11-15/h3-11,13H,1-2H3,(H,27,32)/t13-/m0/s1. The number of anilines is 1. The predicted octanol–water partition coefficient (Wildman–Crippen LogP) is 4.76. The lowest BCUT2D eigenvalue weighted by atomic mass is 10.2. The second kappa shape index (κ2) is 8.36. The Labute approximate surface area is 190 Å². The van der Waals surface area contributed by atoms with Crippen LogP contribution in [0.25, 0.3) is 16.7 Å². The molecule has 0 saturated heterocycles. The van der Waals surface area contributed by atoms with Gasteiger partial charge in [-0.15, -0.1) is 0 Å². The van der Waals surface area contributed by atoms with Crippen molar-refractivity contribution in [1.29, 1.82) is 0 Å². The van der Waals surface area contributed by atoms with Crippen molar-refractivity contribution >= 4 is 34.2 Å². The lowest BCUT2D eigenvalue weighted by Gasteiger charge is -2.20. The van der Waals surface area contributed by atoms with Crippen LogP contribution < -0.4 is 10.9 Å². The van der Waals surface area contributed by atoms with Crippen LogP contribution in [-0.2, 0) is 11.0 Å². The van der Waals surface area contributed by atoms with Crippen molar-refractivity contribution in [3.8, 4) is 5.69 Å². The Morgan fingerprint density at radius 1 is 1.12 bits per heavy atom. The maximum absolute atomic E-state index is 14.0. The number of aryl methyl sites for hydroxylation is 1. The molecule has 1 atom stereocenters. The smallest absolute Gasteiger partial charge is 0.324 e. The number of rotatable bonds is 4. The van der Waals surface area contributed by atoms with Gasteiger partial charge in [-0.05, 0) is 44.2 Å². The number of para-hydroxylation sites is 1. The number of hydrogen-bond donors (Lipinski definition) is 1. The van der Waals surface area contributed by atoms with Crippen LogP contribution >= 0.6 is 11.6 Å². The SMILES string of the molecule is Cc1nn(-c2ccccc2)c2nc(C(F)(F)F)n([C@@H](C)C(=O)Nc3cccc(Cl)c3)c(=O)c12. The van der Waals surface area contributed by atoms with E-state index in [1.165, 1.54) is 30.7 Å². The van der Waals surface area contributed by atoms with Gasteiger partial charge in [-0.25, -0.2) is 9.67 Å². The number of carbonyl (C=O) groups is 1. The fourth-order valence-corrected chi connectivity index (χ4v) is 3.67. The van der Waals surface area contributed by atoms with E-state index in [2.05, 4.69) is 15.4 Å². The van der Waals surface area contributed by atoms with Crippen molar-refractivity contribution < 1.29 is 18.0 Å². The molecule has 0 aliphatic carbocycles. The number of amides is 1. The summed E-state index contributed by atoms with van der Waals surface area (Å²) in [5.74, 6) is -2.33. The molecule has 0 fully saturated rings. The molecule has 0 aliphatic rings. The topological polar surface area (TPSA) is 81.8 Å². The molecule has 0 saturated carbocycles. The normalized spacial score (nSPS) is 12.7. The lowest BCUT2D eigenvalue weighted by Crippen LogP contribution is -2.37. The summed E-state index contributed by atoms with van der Waals surface area (Å²) in [4.78, 5) is 29.8. The Morgan fingerprint density at radius 2 is 1.82 bits per heavy atom. The molecular formula is C22H17ClF3N5O2. The number of fused-ring (bicyclic) bond motifs is 1. The zero-order valence-electron chi connectivity index (χ0n) is 17.4. The third kappa shape index (κ3) is 4.21. The van der Waals surface area contributed by atoms with E-state index in [-0.39, 0.29) is 22.4 Å². The van der Waals surface area contributed by atoms with Crippen LogP contribution in [-0.4, -0.2) is 25.2 Å². The maximum atomic E-state index is 14.0. The van der Waals surface area contributed by atoms with Crippen molar-refractivity contribution in [2.24, 2.45) is 0 Å².